The van der Waals surface area contributed by atoms with E-state index in [1.807, 2.05) is 36.4 Å². The van der Waals surface area contributed by atoms with Gasteiger partial charge in [-0.3, -0.25) is 0 Å². The summed E-state index contributed by atoms with van der Waals surface area (Å²) in [6.45, 7) is 5.40. The summed E-state index contributed by atoms with van der Waals surface area (Å²) in [6.07, 6.45) is -0.681. The van der Waals surface area contributed by atoms with Gasteiger partial charge in [-0.2, -0.15) is 0 Å². The number of hydrogen-bond donors (Lipinski definition) is 1. The molecule has 26 heavy (non-hydrogen) atoms. The zero-order valence-corrected chi connectivity index (χ0v) is 16.6. The van der Waals surface area contributed by atoms with E-state index in [1.165, 1.54) is 0 Å². The number of carbonyl (C=O) groups is 2. The number of esters is 1. The van der Waals surface area contributed by atoms with Gasteiger partial charge in [-0.15, -0.1) is 0 Å². The van der Waals surface area contributed by atoms with Gasteiger partial charge < -0.3 is 14.8 Å². The number of benzene rings is 2. The Hall–Kier alpha value is -2.34. The highest BCUT2D eigenvalue weighted by Crippen LogP contribution is 2.21. The Balaban J connectivity index is 2.14. The fraction of sp³-hybridized carbons (Fsp3) is 0.300. The van der Waals surface area contributed by atoms with E-state index in [1.54, 1.807) is 39.0 Å². The van der Waals surface area contributed by atoms with Gasteiger partial charge in [0, 0.05) is 4.47 Å². The highest BCUT2D eigenvalue weighted by atomic mass is 79.9. The Bertz CT molecular complexity index is 756. The highest BCUT2D eigenvalue weighted by molar-refractivity contribution is 9.10. The van der Waals surface area contributed by atoms with Crippen molar-refractivity contribution in [1.82, 2.24) is 5.32 Å². The lowest BCUT2D eigenvalue weighted by Crippen LogP contribution is -2.38. The van der Waals surface area contributed by atoms with Gasteiger partial charge in [0.2, 0.25) is 0 Å². The molecule has 2 rings (SSSR count). The molecule has 0 bridgehead atoms. The molecule has 0 saturated heterocycles. The van der Waals surface area contributed by atoms with E-state index in [-0.39, 0.29) is 6.61 Å². The van der Waals surface area contributed by atoms with E-state index in [0.717, 1.165) is 10.0 Å². The van der Waals surface area contributed by atoms with Crippen LogP contribution in [0.3, 0.4) is 0 Å². The lowest BCUT2D eigenvalue weighted by Gasteiger charge is -2.23. The van der Waals surface area contributed by atoms with Gasteiger partial charge in [-0.25, -0.2) is 9.59 Å². The van der Waals surface area contributed by atoms with Gasteiger partial charge in [-0.1, -0.05) is 58.4 Å². The van der Waals surface area contributed by atoms with Crippen LogP contribution >= 0.6 is 15.9 Å². The van der Waals surface area contributed by atoms with Crippen molar-refractivity contribution in [3.63, 3.8) is 0 Å². The summed E-state index contributed by atoms with van der Waals surface area (Å²) in [5, 5.41) is 2.60. The van der Waals surface area contributed by atoms with Crippen molar-refractivity contribution in [2.45, 2.75) is 39.0 Å². The van der Waals surface area contributed by atoms with Crippen molar-refractivity contribution in [2.75, 3.05) is 0 Å². The molecule has 0 aliphatic heterocycles. The van der Waals surface area contributed by atoms with Gasteiger partial charge in [0.05, 0.1) is 0 Å². The number of halogens is 1. The third-order valence-electron chi connectivity index (χ3n) is 3.30. The minimum Gasteiger partial charge on any atom is -0.459 e. The summed E-state index contributed by atoms with van der Waals surface area (Å²) < 4.78 is 11.4. The maximum atomic E-state index is 12.6. The molecular weight excluding hydrogens is 398 g/mol. The average molecular weight is 420 g/mol. The van der Waals surface area contributed by atoms with Crippen LogP contribution < -0.4 is 5.32 Å². The predicted molar refractivity (Wildman–Crippen MR) is 102 cm³/mol. The molecule has 138 valence electrons. The molecule has 1 amide bonds. The van der Waals surface area contributed by atoms with Crippen molar-refractivity contribution in [3.05, 3.63) is 70.2 Å². The Morgan fingerprint density at radius 2 is 1.77 bits per heavy atom. The summed E-state index contributed by atoms with van der Waals surface area (Å²) >= 11 is 3.37. The van der Waals surface area contributed by atoms with Crippen molar-refractivity contribution in [1.29, 1.82) is 0 Å². The molecule has 0 heterocycles. The van der Waals surface area contributed by atoms with E-state index >= 15 is 0 Å². The molecule has 0 aliphatic carbocycles. The first-order chi connectivity index (χ1) is 12.2. The van der Waals surface area contributed by atoms with Crippen LogP contribution in [0.25, 0.3) is 0 Å². The van der Waals surface area contributed by atoms with Crippen LogP contribution in [0.15, 0.2) is 59.1 Å². The Kier molecular flexibility index (Phi) is 6.80. The second-order valence-electron chi connectivity index (χ2n) is 6.73. The van der Waals surface area contributed by atoms with E-state index in [2.05, 4.69) is 21.2 Å². The topological polar surface area (TPSA) is 64.6 Å². The number of ether oxygens (including phenoxy) is 2. The molecule has 0 fully saturated rings. The van der Waals surface area contributed by atoms with Crippen LogP contribution in [0.4, 0.5) is 4.79 Å². The molecule has 0 aromatic heterocycles. The van der Waals surface area contributed by atoms with Crippen LogP contribution in [0, 0.1) is 0 Å². The van der Waals surface area contributed by atoms with Gasteiger partial charge in [-0.05, 0) is 44.0 Å². The van der Waals surface area contributed by atoms with E-state index in [4.69, 9.17) is 9.47 Å². The van der Waals surface area contributed by atoms with E-state index in [9.17, 15) is 9.59 Å². The quantitative estimate of drug-likeness (QED) is 0.709. The molecule has 1 atom stereocenters. The minimum atomic E-state index is -0.967. The first-order valence-electron chi connectivity index (χ1n) is 8.20. The van der Waals surface area contributed by atoms with Crippen molar-refractivity contribution >= 4 is 28.0 Å². The zero-order valence-electron chi connectivity index (χ0n) is 15.0. The first-order valence-corrected chi connectivity index (χ1v) is 8.99. The molecule has 0 aliphatic rings. The normalized spacial score (nSPS) is 12.2. The van der Waals surface area contributed by atoms with Crippen LogP contribution in [0.1, 0.15) is 37.9 Å². The summed E-state index contributed by atoms with van der Waals surface area (Å²) in [7, 11) is 0. The lowest BCUT2D eigenvalue weighted by molar-refractivity contribution is -0.147. The summed E-state index contributed by atoms with van der Waals surface area (Å²) in [5.41, 5.74) is 0.800. The van der Waals surface area contributed by atoms with Crippen molar-refractivity contribution < 1.29 is 19.1 Å². The molecular formula is C20H22BrNO4. The third-order valence-corrected chi connectivity index (χ3v) is 3.80. The van der Waals surface area contributed by atoms with Gasteiger partial charge in [0.1, 0.15) is 12.2 Å². The number of alkyl carbamates (subject to hydrolysis) is 1. The number of carbonyl (C=O) groups excluding carboxylic acids is 2. The summed E-state index contributed by atoms with van der Waals surface area (Å²) in [4.78, 5) is 24.8. The first kappa shape index (κ1) is 20.0. The van der Waals surface area contributed by atoms with E-state index < -0.39 is 23.7 Å². The molecule has 2 aromatic carbocycles. The maximum Gasteiger partial charge on any atom is 0.408 e. The molecule has 0 radical (unpaired) electrons. The number of nitrogens with one attached hydrogen (secondary N) is 1. The molecule has 0 spiro atoms. The number of hydrogen-bond acceptors (Lipinski definition) is 4. The molecule has 1 unspecified atom stereocenters. The van der Waals surface area contributed by atoms with E-state index in [0.29, 0.717) is 5.56 Å². The van der Waals surface area contributed by atoms with Crippen LogP contribution in [-0.2, 0) is 20.9 Å². The second-order valence-corrected chi connectivity index (χ2v) is 7.64. The largest absolute Gasteiger partial charge is 0.459 e. The molecule has 1 N–H and O–H groups in total. The standard InChI is InChI=1S/C20H22BrNO4/c1-20(2,3)26-19(24)22-17(15-10-7-11-16(21)12-15)18(23)25-13-14-8-5-4-6-9-14/h4-12,17H,13H2,1-3H3,(H,22,24). The molecule has 0 saturated carbocycles. The average Bonchev–Trinajstić information content (AvgIpc) is 2.57. The minimum absolute atomic E-state index is 0.125. The SMILES string of the molecule is CC(C)(C)OC(=O)NC(C(=O)OCc1ccccc1)c1cccc(Br)c1. The number of rotatable bonds is 5. The highest BCUT2D eigenvalue weighted by Gasteiger charge is 2.27. The fourth-order valence-electron chi connectivity index (χ4n) is 2.20. The molecule has 6 heteroatoms. The number of amides is 1. The molecule has 5 nitrogen and oxygen atoms in total. The monoisotopic (exact) mass is 419 g/mol. The van der Waals surface area contributed by atoms with Gasteiger partial charge in [0.25, 0.3) is 0 Å². The Morgan fingerprint density at radius 1 is 1.08 bits per heavy atom. The maximum absolute atomic E-state index is 12.6. The van der Waals surface area contributed by atoms with Gasteiger partial charge >= 0.3 is 12.1 Å². The third kappa shape index (κ3) is 6.52. The Labute approximate surface area is 161 Å². The van der Waals surface area contributed by atoms with Crippen LogP contribution in [-0.4, -0.2) is 17.7 Å². The fourth-order valence-corrected chi connectivity index (χ4v) is 2.62. The summed E-state index contributed by atoms with van der Waals surface area (Å²) in [6, 6.07) is 15.5. The second kappa shape index (κ2) is 8.85. The summed E-state index contributed by atoms with van der Waals surface area (Å²) in [5.74, 6) is -0.558. The van der Waals surface area contributed by atoms with Gasteiger partial charge in [0.15, 0.2) is 6.04 Å². The predicted octanol–water partition coefficient (Wildman–Crippen LogP) is 4.76. The van der Waals surface area contributed by atoms with Crippen LogP contribution in [0.2, 0.25) is 0 Å². The lowest BCUT2D eigenvalue weighted by atomic mass is 10.1. The van der Waals surface area contributed by atoms with Crippen molar-refractivity contribution in [2.24, 2.45) is 0 Å². The van der Waals surface area contributed by atoms with Crippen molar-refractivity contribution in [3.8, 4) is 0 Å². The zero-order chi connectivity index (χ0) is 19.2. The smallest absolute Gasteiger partial charge is 0.408 e. The molecule has 2 aromatic rings. The Morgan fingerprint density at radius 3 is 2.38 bits per heavy atom. The van der Waals surface area contributed by atoms with Crippen LogP contribution in [0.5, 0.6) is 0 Å².